The van der Waals surface area contributed by atoms with Crippen molar-refractivity contribution in [1.82, 2.24) is 5.32 Å². The zero-order chi connectivity index (χ0) is 11.4. The number of hydrogen-bond donors (Lipinski definition) is 2. The first-order valence-electron chi connectivity index (χ1n) is 4.72. The van der Waals surface area contributed by atoms with Crippen LogP contribution in [0.4, 0.5) is 0 Å². The highest BCUT2D eigenvalue weighted by molar-refractivity contribution is 5.82. The quantitative estimate of drug-likeness (QED) is 0.701. The lowest BCUT2D eigenvalue weighted by molar-refractivity contribution is -0.137. The molecule has 14 heavy (non-hydrogen) atoms. The van der Waals surface area contributed by atoms with Crippen LogP contribution in [0.15, 0.2) is 0 Å². The van der Waals surface area contributed by atoms with E-state index in [9.17, 15) is 9.59 Å². The summed E-state index contributed by atoms with van der Waals surface area (Å²) in [5.41, 5.74) is -0.172. The van der Waals surface area contributed by atoms with Gasteiger partial charge in [-0.05, 0) is 34.1 Å². The maximum Gasteiger partial charge on any atom is 0.303 e. The summed E-state index contributed by atoms with van der Waals surface area (Å²) >= 11 is 0. The van der Waals surface area contributed by atoms with Crippen LogP contribution in [0.3, 0.4) is 0 Å². The molecule has 4 heteroatoms. The van der Waals surface area contributed by atoms with Gasteiger partial charge < -0.3 is 10.4 Å². The number of carboxylic acids is 1. The maximum absolute atomic E-state index is 11.2. The highest BCUT2D eigenvalue weighted by Crippen LogP contribution is 2.06. The topological polar surface area (TPSA) is 66.4 Å². The van der Waals surface area contributed by atoms with Gasteiger partial charge in [-0.15, -0.1) is 0 Å². The molecule has 0 radical (unpaired) electrons. The summed E-state index contributed by atoms with van der Waals surface area (Å²) in [5, 5.41) is 11.6. The highest BCUT2D eigenvalue weighted by atomic mass is 16.4. The van der Waals surface area contributed by atoms with Crippen molar-refractivity contribution in [3.05, 3.63) is 0 Å². The van der Waals surface area contributed by atoms with Crippen molar-refractivity contribution in [1.29, 1.82) is 0 Å². The molecule has 2 N–H and O–H groups in total. The van der Waals surface area contributed by atoms with Gasteiger partial charge in [0.2, 0.25) is 0 Å². The van der Waals surface area contributed by atoms with Gasteiger partial charge >= 0.3 is 5.97 Å². The number of carboxylic acid groups (broad SMARTS) is 1. The Balaban J connectivity index is 4.17. The molecule has 0 saturated heterocycles. The van der Waals surface area contributed by atoms with Gasteiger partial charge in [0.05, 0.1) is 6.04 Å². The Hall–Kier alpha value is -0.900. The van der Waals surface area contributed by atoms with Gasteiger partial charge in [0.15, 0.2) is 0 Å². The summed E-state index contributed by atoms with van der Waals surface area (Å²) in [6.07, 6.45) is 0.370. The molecule has 4 nitrogen and oxygen atoms in total. The number of aliphatic carboxylic acids is 1. The second kappa shape index (κ2) is 5.10. The number of hydrogen-bond acceptors (Lipinski definition) is 3. The van der Waals surface area contributed by atoms with Crippen LogP contribution >= 0.6 is 0 Å². The minimum absolute atomic E-state index is 0.0128. The Labute approximate surface area is 84.7 Å². The number of rotatable bonds is 5. The van der Waals surface area contributed by atoms with Crippen molar-refractivity contribution in [2.75, 3.05) is 0 Å². The fraction of sp³-hybridized carbons (Fsp3) is 0.800. The molecule has 0 amide bonds. The zero-order valence-corrected chi connectivity index (χ0v) is 9.26. The molecule has 1 unspecified atom stereocenters. The average Bonchev–Trinajstić information content (AvgIpc) is 1.94. The number of carbonyl (C=O) groups is 2. The van der Waals surface area contributed by atoms with Gasteiger partial charge in [-0.2, -0.15) is 0 Å². The number of Topliss-reactive ketones (excluding diaryl/α,β-unsaturated/α-hetero) is 1. The van der Waals surface area contributed by atoms with E-state index < -0.39 is 5.97 Å². The van der Waals surface area contributed by atoms with Gasteiger partial charge in [0.1, 0.15) is 5.78 Å². The third kappa shape index (κ3) is 6.60. The SMILES string of the molecule is CC(=O)C(CCC(=O)O)NC(C)(C)C. The lowest BCUT2D eigenvalue weighted by atomic mass is 10.0. The molecule has 0 aromatic heterocycles. The average molecular weight is 201 g/mol. The molecular weight excluding hydrogens is 182 g/mol. The fourth-order valence-corrected chi connectivity index (χ4v) is 1.17. The monoisotopic (exact) mass is 201 g/mol. The molecule has 0 aliphatic carbocycles. The van der Waals surface area contributed by atoms with Crippen molar-refractivity contribution >= 4 is 11.8 Å². The Kier molecular flexibility index (Phi) is 4.77. The lowest BCUT2D eigenvalue weighted by Crippen LogP contribution is -2.47. The van der Waals surface area contributed by atoms with Crippen LogP contribution in [0.1, 0.15) is 40.5 Å². The summed E-state index contributed by atoms with van der Waals surface area (Å²) in [5.74, 6) is -0.881. The van der Waals surface area contributed by atoms with Gasteiger partial charge in [0, 0.05) is 12.0 Å². The smallest absolute Gasteiger partial charge is 0.303 e. The minimum Gasteiger partial charge on any atom is -0.481 e. The van der Waals surface area contributed by atoms with Crippen LogP contribution < -0.4 is 5.32 Å². The fourth-order valence-electron chi connectivity index (χ4n) is 1.17. The summed E-state index contributed by atoms with van der Waals surface area (Å²) in [6.45, 7) is 7.32. The van der Waals surface area contributed by atoms with Crippen LogP contribution in [0.2, 0.25) is 0 Å². The first kappa shape index (κ1) is 13.1. The van der Waals surface area contributed by atoms with Crippen molar-refractivity contribution in [3.63, 3.8) is 0 Å². The van der Waals surface area contributed by atoms with E-state index in [4.69, 9.17) is 5.11 Å². The Bertz CT molecular complexity index is 218. The van der Waals surface area contributed by atoms with Crippen LogP contribution in [0, 0.1) is 0 Å². The molecule has 0 saturated carbocycles. The van der Waals surface area contributed by atoms with Gasteiger partial charge in [-0.1, -0.05) is 0 Å². The van der Waals surface area contributed by atoms with E-state index in [0.717, 1.165) is 0 Å². The van der Waals surface area contributed by atoms with Crippen molar-refractivity contribution in [2.24, 2.45) is 0 Å². The molecule has 0 aromatic carbocycles. The molecule has 0 aromatic rings. The third-order valence-electron chi connectivity index (χ3n) is 1.74. The summed E-state index contributed by atoms with van der Waals surface area (Å²) in [6, 6.07) is -0.355. The standard InChI is InChI=1S/C10H19NO3/c1-7(12)8(5-6-9(13)14)11-10(2,3)4/h8,11H,5-6H2,1-4H3,(H,13,14). The first-order valence-corrected chi connectivity index (χ1v) is 4.72. The number of nitrogens with one attached hydrogen (secondary N) is 1. The second-order valence-electron chi connectivity index (χ2n) is 4.49. The number of ketones is 1. The van der Waals surface area contributed by atoms with E-state index in [1.807, 2.05) is 20.8 Å². The van der Waals surface area contributed by atoms with Crippen LogP contribution in [-0.2, 0) is 9.59 Å². The van der Waals surface area contributed by atoms with E-state index in [1.54, 1.807) is 0 Å². The predicted molar refractivity (Wildman–Crippen MR) is 54.2 cm³/mol. The third-order valence-corrected chi connectivity index (χ3v) is 1.74. The Morgan fingerprint density at radius 3 is 2.14 bits per heavy atom. The largest absolute Gasteiger partial charge is 0.481 e. The second-order valence-corrected chi connectivity index (χ2v) is 4.49. The van der Waals surface area contributed by atoms with E-state index in [1.165, 1.54) is 6.92 Å². The molecule has 0 heterocycles. The summed E-state index contributed by atoms with van der Waals surface area (Å²) in [4.78, 5) is 21.5. The summed E-state index contributed by atoms with van der Waals surface area (Å²) in [7, 11) is 0. The summed E-state index contributed by atoms with van der Waals surface area (Å²) < 4.78 is 0. The lowest BCUT2D eigenvalue weighted by Gasteiger charge is -2.26. The zero-order valence-electron chi connectivity index (χ0n) is 9.26. The highest BCUT2D eigenvalue weighted by Gasteiger charge is 2.21. The molecule has 0 aliphatic heterocycles. The Morgan fingerprint density at radius 1 is 1.36 bits per heavy atom. The van der Waals surface area contributed by atoms with E-state index in [0.29, 0.717) is 6.42 Å². The molecule has 0 rings (SSSR count). The van der Waals surface area contributed by atoms with E-state index in [2.05, 4.69) is 5.32 Å². The molecular formula is C10H19NO3. The molecule has 0 bridgehead atoms. The minimum atomic E-state index is -0.869. The molecule has 0 fully saturated rings. The van der Waals surface area contributed by atoms with Gasteiger partial charge in [-0.25, -0.2) is 0 Å². The predicted octanol–water partition coefficient (Wildman–Crippen LogP) is 1.20. The normalized spacial score (nSPS) is 13.7. The van der Waals surface area contributed by atoms with Crippen LogP contribution in [0.25, 0.3) is 0 Å². The molecule has 0 aliphatic rings. The maximum atomic E-state index is 11.2. The van der Waals surface area contributed by atoms with Crippen LogP contribution in [0.5, 0.6) is 0 Å². The molecule has 0 spiro atoms. The van der Waals surface area contributed by atoms with Gasteiger partial charge in [-0.3, -0.25) is 9.59 Å². The van der Waals surface area contributed by atoms with Crippen molar-refractivity contribution < 1.29 is 14.7 Å². The van der Waals surface area contributed by atoms with Crippen LogP contribution in [-0.4, -0.2) is 28.4 Å². The Morgan fingerprint density at radius 2 is 1.86 bits per heavy atom. The van der Waals surface area contributed by atoms with E-state index in [-0.39, 0.29) is 23.8 Å². The van der Waals surface area contributed by atoms with Gasteiger partial charge in [0.25, 0.3) is 0 Å². The molecule has 82 valence electrons. The van der Waals surface area contributed by atoms with E-state index >= 15 is 0 Å². The van der Waals surface area contributed by atoms with Crippen molar-refractivity contribution in [2.45, 2.75) is 52.1 Å². The molecule has 1 atom stereocenters. The number of carbonyl (C=O) groups excluding carboxylic acids is 1. The van der Waals surface area contributed by atoms with Crippen molar-refractivity contribution in [3.8, 4) is 0 Å². The first-order chi connectivity index (χ1) is 6.22.